The molecule has 0 spiro atoms. The van der Waals surface area contributed by atoms with Gasteiger partial charge in [0.15, 0.2) is 0 Å². The molecule has 0 saturated heterocycles. The van der Waals surface area contributed by atoms with Crippen LogP contribution in [0.5, 0.6) is 0 Å². The van der Waals surface area contributed by atoms with E-state index in [0.717, 1.165) is 63.6 Å². The lowest BCUT2D eigenvalue weighted by Crippen LogP contribution is -2.52. The zero-order chi connectivity index (χ0) is 26.0. The molecule has 190 valence electrons. The van der Waals surface area contributed by atoms with Gasteiger partial charge in [0.2, 0.25) is 20.0 Å². The van der Waals surface area contributed by atoms with Crippen LogP contribution in [0.15, 0.2) is 58.3 Å². The average molecular weight is 527 g/mol. The maximum atomic E-state index is 13.3. The van der Waals surface area contributed by atoms with Crippen LogP contribution < -0.4 is 0 Å². The molecule has 1 aliphatic rings. The number of nitro groups is 2. The Morgan fingerprint density at radius 2 is 0.971 bits per heavy atom. The van der Waals surface area contributed by atoms with Gasteiger partial charge in [0, 0.05) is 50.4 Å². The molecule has 1 aliphatic carbocycles. The van der Waals surface area contributed by atoms with Crippen molar-refractivity contribution in [3.05, 3.63) is 68.8 Å². The SMILES string of the molecule is CN([C@H]1CCCCC[C@@H]1N(C)S(=O)(=O)c1ccc([N+](=O)[O-])cc1)S(=O)(=O)c1ccc([N+](=O)[O-])cc1. The molecule has 12 nitrogen and oxygen atoms in total. The van der Waals surface area contributed by atoms with Crippen molar-refractivity contribution in [2.45, 2.75) is 54.0 Å². The Labute approximate surface area is 203 Å². The van der Waals surface area contributed by atoms with Crippen LogP contribution in [-0.2, 0) is 20.0 Å². The van der Waals surface area contributed by atoms with Gasteiger partial charge in [0.05, 0.1) is 19.6 Å². The smallest absolute Gasteiger partial charge is 0.258 e. The second kappa shape index (κ2) is 10.4. The molecule has 0 unspecified atom stereocenters. The number of benzene rings is 2. The van der Waals surface area contributed by atoms with E-state index in [4.69, 9.17) is 0 Å². The summed E-state index contributed by atoms with van der Waals surface area (Å²) in [6.07, 6.45) is 3.06. The molecule has 14 heteroatoms. The average Bonchev–Trinajstić information content (AvgIpc) is 3.09. The van der Waals surface area contributed by atoms with Gasteiger partial charge < -0.3 is 0 Å². The van der Waals surface area contributed by atoms with Crippen molar-refractivity contribution in [3.63, 3.8) is 0 Å². The van der Waals surface area contributed by atoms with E-state index in [1.54, 1.807) is 0 Å². The first-order valence-electron chi connectivity index (χ1n) is 10.8. The van der Waals surface area contributed by atoms with Crippen molar-refractivity contribution >= 4 is 31.4 Å². The van der Waals surface area contributed by atoms with Gasteiger partial charge in [-0.05, 0) is 37.1 Å². The van der Waals surface area contributed by atoms with Crippen LogP contribution in [0.2, 0.25) is 0 Å². The molecule has 2 aromatic rings. The minimum atomic E-state index is -4.07. The Morgan fingerprint density at radius 3 is 1.26 bits per heavy atom. The summed E-state index contributed by atoms with van der Waals surface area (Å²) in [5, 5.41) is 21.8. The Hall–Kier alpha value is -2.94. The van der Waals surface area contributed by atoms with Crippen molar-refractivity contribution in [2.24, 2.45) is 0 Å². The molecule has 2 aromatic carbocycles. The fourth-order valence-electron chi connectivity index (χ4n) is 4.29. The quantitative estimate of drug-likeness (QED) is 0.288. The van der Waals surface area contributed by atoms with Crippen molar-refractivity contribution in [2.75, 3.05) is 14.1 Å². The number of sulfonamides is 2. The minimum Gasteiger partial charge on any atom is -0.258 e. The van der Waals surface area contributed by atoms with Gasteiger partial charge in [-0.15, -0.1) is 0 Å². The Bertz CT molecular complexity index is 1190. The predicted molar refractivity (Wildman–Crippen MR) is 127 cm³/mol. The summed E-state index contributed by atoms with van der Waals surface area (Å²) >= 11 is 0. The van der Waals surface area contributed by atoms with E-state index in [0.29, 0.717) is 25.7 Å². The highest BCUT2D eigenvalue weighted by Crippen LogP contribution is 2.32. The normalized spacial score (nSPS) is 19.4. The lowest BCUT2D eigenvalue weighted by atomic mass is 10.0. The van der Waals surface area contributed by atoms with E-state index in [1.807, 2.05) is 0 Å². The zero-order valence-corrected chi connectivity index (χ0v) is 20.8. The lowest BCUT2D eigenvalue weighted by molar-refractivity contribution is -0.385. The number of likely N-dealkylation sites (N-methyl/N-ethyl adjacent to an activating group) is 2. The van der Waals surface area contributed by atoms with Crippen LogP contribution in [0.4, 0.5) is 11.4 Å². The highest BCUT2D eigenvalue weighted by Gasteiger charge is 2.40. The highest BCUT2D eigenvalue weighted by molar-refractivity contribution is 7.89. The third kappa shape index (κ3) is 5.50. The summed E-state index contributed by atoms with van der Waals surface area (Å²) in [6, 6.07) is 7.70. The molecule has 0 radical (unpaired) electrons. The van der Waals surface area contributed by atoms with E-state index in [-0.39, 0.29) is 21.2 Å². The molecule has 3 rings (SSSR count). The Morgan fingerprint density at radius 1 is 0.657 bits per heavy atom. The van der Waals surface area contributed by atoms with Gasteiger partial charge in [-0.1, -0.05) is 19.3 Å². The molecule has 0 N–H and O–H groups in total. The topological polar surface area (TPSA) is 161 Å². The molecule has 0 heterocycles. The number of hydrogen-bond acceptors (Lipinski definition) is 8. The number of nitro benzene ring substituents is 2. The van der Waals surface area contributed by atoms with Gasteiger partial charge in [-0.2, -0.15) is 8.61 Å². The van der Waals surface area contributed by atoms with Gasteiger partial charge in [-0.3, -0.25) is 20.2 Å². The second-order valence-electron chi connectivity index (χ2n) is 8.32. The van der Waals surface area contributed by atoms with E-state index in [2.05, 4.69) is 0 Å². The van der Waals surface area contributed by atoms with E-state index in [1.165, 1.54) is 14.1 Å². The van der Waals surface area contributed by atoms with Crippen molar-refractivity contribution in [3.8, 4) is 0 Å². The largest absolute Gasteiger partial charge is 0.269 e. The number of rotatable bonds is 8. The summed E-state index contributed by atoms with van der Waals surface area (Å²) in [6.45, 7) is 0. The maximum Gasteiger partial charge on any atom is 0.269 e. The predicted octanol–water partition coefficient (Wildman–Crippen LogP) is 3.15. The van der Waals surface area contributed by atoms with Gasteiger partial charge >= 0.3 is 0 Å². The van der Waals surface area contributed by atoms with Crippen molar-refractivity contribution in [1.82, 2.24) is 8.61 Å². The van der Waals surface area contributed by atoms with E-state index in [9.17, 15) is 37.1 Å². The molecule has 0 bridgehead atoms. The highest BCUT2D eigenvalue weighted by atomic mass is 32.2. The third-order valence-electron chi connectivity index (χ3n) is 6.33. The first-order chi connectivity index (χ1) is 16.4. The Kier molecular flexibility index (Phi) is 7.89. The molecule has 1 saturated carbocycles. The minimum absolute atomic E-state index is 0.130. The van der Waals surface area contributed by atoms with E-state index >= 15 is 0 Å². The number of hydrogen-bond donors (Lipinski definition) is 0. The third-order valence-corrected chi connectivity index (χ3v) is 10.1. The first-order valence-corrected chi connectivity index (χ1v) is 13.7. The Balaban J connectivity index is 1.94. The van der Waals surface area contributed by atoms with Crippen LogP contribution in [0, 0.1) is 20.2 Å². The standard InChI is InChI=1S/C21H26N4O8S2/c1-22(34(30,31)18-12-8-16(9-13-18)24(26)27)20-6-4-3-5-7-21(20)23(2)35(32,33)19-14-10-17(11-15-19)25(28)29/h8-15,20-21H,3-7H2,1-2H3/t20-,21-/m0/s1. The summed E-state index contributed by atoms with van der Waals surface area (Å²) < 4.78 is 55.6. The molecule has 0 aromatic heterocycles. The summed E-state index contributed by atoms with van der Waals surface area (Å²) in [5.41, 5.74) is -0.485. The van der Waals surface area contributed by atoms with Crippen LogP contribution in [0.1, 0.15) is 32.1 Å². The second-order valence-corrected chi connectivity index (χ2v) is 12.3. The number of nitrogens with zero attached hydrogens (tertiary/aromatic N) is 4. The van der Waals surface area contributed by atoms with Crippen LogP contribution in [0.25, 0.3) is 0 Å². The molecule has 0 aliphatic heterocycles. The lowest BCUT2D eigenvalue weighted by Gasteiger charge is -2.37. The monoisotopic (exact) mass is 526 g/mol. The molecule has 2 atom stereocenters. The zero-order valence-electron chi connectivity index (χ0n) is 19.2. The molecular formula is C21H26N4O8S2. The van der Waals surface area contributed by atoms with E-state index < -0.39 is 42.0 Å². The number of non-ortho nitro benzene ring substituents is 2. The molecule has 1 fully saturated rings. The van der Waals surface area contributed by atoms with Crippen LogP contribution in [0.3, 0.4) is 0 Å². The summed E-state index contributed by atoms with van der Waals surface area (Å²) in [5.74, 6) is 0. The first kappa shape index (κ1) is 26.7. The van der Waals surface area contributed by atoms with Gasteiger partial charge in [0.25, 0.3) is 11.4 Å². The summed E-state index contributed by atoms with van der Waals surface area (Å²) in [4.78, 5) is 20.3. The molecule has 35 heavy (non-hydrogen) atoms. The molecule has 0 amide bonds. The fourth-order valence-corrected chi connectivity index (χ4v) is 7.12. The van der Waals surface area contributed by atoms with Gasteiger partial charge in [0.1, 0.15) is 0 Å². The van der Waals surface area contributed by atoms with Crippen LogP contribution >= 0.6 is 0 Å². The fraction of sp³-hybridized carbons (Fsp3) is 0.429. The maximum absolute atomic E-state index is 13.3. The van der Waals surface area contributed by atoms with Crippen molar-refractivity contribution in [1.29, 1.82) is 0 Å². The van der Waals surface area contributed by atoms with Crippen molar-refractivity contribution < 1.29 is 26.7 Å². The van der Waals surface area contributed by atoms with Gasteiger partial charge in [-0.25, -0.2) is 16.8 Å². The van der Waals surface area contributed by atoms with Crippen LogP contribution in [-0.4, -0.2) is 61.5 Å². The summed E-state index contributed by atoms with van der Waals surface area (Å²) in [7, 11) is -5.39. The molecular weight excluding hydrogens is 500 g/mol.